The smallest absolute Gasteiger partial charge is 0.318 e. The summed E-state index contributed by atoms with van der Waals surface area (Å²) in [5, 5.41) is 6.28. The van der Waals surface area contributed by atoms with E-state index in [0.717, 1.165) is 70.3 Å². The Labute approximate surface area is 166 Å². The standard InChI is InChI=1S/C21H31N5O2/c27-20(23-16-7-8-16)15-25-13-9-17(10-14-25)24-21(28)26-12-4-2-6-19(26)18-5-1-3-11-22-18/h1,3,5,11,16-17,19H,2,4,6-10,12-15H2,(H,23,27)(H,24,28)/t19-/m1/s1. The van der Waals surface area contributed by atoms with Crippen LogP contribution in [0.1, 0.15) is 56.7 Å². The highest BCUT2D eigenvalue weighted by Crippen LogP contribution is 2.29. The van der Waals surface area contributed by atoms with Gasteiger partial charge in [-0.1, -0.05) is 6.07 Å². The first kappa shape index (κ1) is 19.2. The summed E-state index contributed by atoms with van der Waals surface area (Å²) in [6.07, 6.45) is 8.98. The Morgan fingerprint density at radius 3 is 2.46 bits per heavy atom. The molecule has 0 aromatic carbocycles. The van der Waals surface area contributed by atoms with Gasteiger partial charge in [-0.15, -0.1) is 0 Å². The zero-order chi connectivity index (χ0) is 19.3. The molecule has 1 aliphatic carbocycles. The molecule has 1 saturated carbocycles. The Morgan fingerprint density at radius 1 is 0.964 bits per heavy atom. The summed E-state index contributed by atoms with van der Waals surface area (Å²) in [5.41, 5.74) is 0.980. The number of pyridine rings is 1. The molecule has 1 aromatic heterocycles. The zero-order valence-corrected chi connectivity index (χ0v) is 16.5. The van der Waals surface area contributed by atoms with Crippen molar-refractivity contribution in [1.29, 1.82) is 0 Å². The lowest BCUT2D eigenvalue weighted by Gasteiger charge is -2.38. The Morgan fingerprint density at radius 2 is 1.75 bits per heavy atom. The van der Waals surface area contributed by atoms with Crippen LogP contribution in [0.5, 0.6) is 0 Å². The summed E-state index contributed by atoms with van der Waals surface area (Å²) in [7, 11) is 0. The van der Waals surface area contributed by atoms with Gasteiger partial charge in [0.05, 0.1) is 18.3 Å². The van der Waals surface area contributed by atoms with E-state index in [9.17, 15) is 9.59 Å². The van der Waals surface area contributed by atoms with Gasteiger partial charge in [0.2, 0.25) is 5.91 Å². The molecule has 3 amide bonds. The molecular formula is C21H31N5O2. The van der Waals surface area contributed by atoms with Gasteiger partial charge in [-0.3, -0.25) is 14.7 Å². The number of piperidine rings is 2. The summed E-state index contributed by atoms with van der Waals surface area (Å²) in [4.78, 5) is 33.5. The number of amides is 3. The Balaban J connectivity index is 1.25. The van der Waals surface area contributed by atoms with E-state index >= 15 is 0 Å². The van der Waals surface area contributed by atoms with Crippen molar-refractivity contribution in [2.24, 2.45) is 0 Å². The third-order valence-electron chi connectivity index (χ3n) is 6.02. The highest BCUT2D eigenvalue weighted by molar-refractivity contribution is 5.78. The van der Waals surface area contributed by atoms with Crippen molar-refractivity contribution in [3.05, 3.63) is 30.1 Å². The molecule has 1 aromatic rings. The SMILES string of the molecule is O=C(CN1CCC(NC(=O)N2CCCC[C@@H]2c2ccccn2)CC1)NC1CC1. The molecule has 2 saturated heterocycles. The predicted molar refractivity (Wildman–Crippen MR) is 107 cm³/mol. The molecule has 0 unspecified atom stereocenters. The maximum Gasteiger partial charge on any atom is 0.318 e. The third kappa shape index (κ3) is 5.01. The van der Waals surface area contributed by atoms with Crippen LogP contribution >= 0.6 is 0 Å². The van der Waals surface area contributed by atoms with Gasteiger partial charge in [-0.25, -0.2) is 4.79 Å². The number of likely N-dealkylation sites (tertiary alicyclic amines) is 2. The second-order valence-corrected chi connectivity index (χ2v) is 8.30. The van der Waals surface area contributed by atoms with Crippen LogP contribution in [0.2, 0.25) is 0 Å². The van der Waals surface area contributed by atoms with Gasteiger partial charge in [0.15, 0.2) is 0 Å². The molecule has 3 heterocycles. The van der Waals surface area contributed by atoms with Gasteiger partial charge in [-0.2, -0.15) is 0 Å². The first-order valence-corrected chi connectivity index (χ1v) is 10.7. The molecule has 3 aliphatic rings. The predicted octanol–water partition coefficient (Wildman–Crippen LogP) is 2.06. The maximum atomic E-state index is 12.9. The van der Waals surface area contributed by atoms with E-state index in [1.165, 1.54) is 0 Å². The number of rotatable bonds is 5. The summed E-state index contributed by atoms with van der Waals surface area (Å²) in [5.74, 6) is 0.136. The summed E-state index contributed by atoms with van der Waals surface area (Å²) in [6.45, 7) is 2.97. The van der Waals surface area contributed by atoms with Gasteiger partial charge < -0.3 is 15.5 Å². The van der Waals surface area contributed by atoms with Crippen LogP contribution < -0.4 is 10.6 Å². The van der Waals surface area contributed by atoms with Crippen LogP contribution in [0, 0.1) is 0 Å². The summed E-state index contributed by atoms with van der Waals surface area (Å²) in [6, 6.07) is 6.61. The minimum atomic E-state index is 0.0280. The highest BCUT2D eigenvalue weighted by Gasteiger charge is 2.31. The molecule has 7 heteroatoms. The Kier molecular flexibility index (Phi) is 6.10. The number of hydrogen-bond acceptors (Lipinski definition) is 4. The molecule has 0 radical (unpaired) electrons. The van der Waals surface area contributed by atoms with E-state index in [1.54, 1.807) is 6.20 Å². The van der Waals surface area contributed by atoms with E-state index in [1.807, 2.05) is 23.1 Å². The fraction of sp³-hybridized carbons (Fsp3) is 0.667. The molecule has 2 aliphatic heterocycles. The van der Waals surface area contributed by atoms with Crippen molar-refractivity contribution >= 4 is 11.9 Å². The number of carbonyl (C=O) groups excluding carboxylic acids is 2. The third-order valence-corrected chi connectivity index (χ3v) is 6.02. The second kappa shape index (κ2) is 8.90. The van der Waals surface area contributed by atoms with Gasteiger partial charge in [0, 0.05) is 37.9 Å². The van der Waals surface area contributed by atoms with E-state index < -0.39 is 0 Å². The fourth-order valence-corrected chi connectivity index (χ4v) is 4.25. The van der Waals surface area contributed by atoms with Crippen LogP contribution in [-0.2, 0) is 4.79 Å². The molecule has 2 N–H and O–H groups in total. The summed E-state index contributed by atoms with van der Waals surface area (Å²) >= 11 is 0. The normalized spacial score (nSPS) is 24.0. The average molecular weight is 386 g/mol. The maximum absolute atomic E-state index is 12.9. The van der Waals surface area contributed by atoms with Crippen molar-refractivity contribution in [2.45, 2.75) is 63.1 Å². The first-order valence-electron chi connectivity index (χ1n) is 10.7. The highest BCUT2D eigenvalue weighted by atomic mass is 16.2. The quantitative estimate of drug-likeness (QED) is 0.813. The number of nitrogens with one attached hydrogen (secondary N) is 2. The Bertz CT molecular complexity index is 671. The van der Waals surface area contributed by atoms with E-state index in [2.05, 4.69) is 20.5 Å². The van der Waals surface area contributed by atoms with Gasteiger partial charge in [0.1, 0.15) is 0 Å². The van der Waals surface area contributed by atoms with Crippen LogP contribution in [0.25, 0.3) is 0 Å². The van der Waals surface area contributed by atoms with Gasteiger partial charge in [-0.05, 0) is 57.1 Å². The van der Waals surface area contributed by atoms with Gasteiger partial charge in [0.25, 0.3) is 0 Å². The lowest BCUT2D eigenvalue weighted by atomic mass is 9.99. The van der Waals surface area contributed by atoms with Crippen LogP contribution in [0.15, 0.2) is 24.4 Å². The molecule has 1 atom stereocenters. The monoisotopic (exact) mass is 385 g/mol. The summed E-state index contributed by atoms with van der Waals surface area (Å²) < 4.78 is 0. The van der Waals surface area contributed by atoms with E-state index in [-0.39, 0.29) is 24.0 Å². The van der Waals surface area contributed by atoms with Crippen LogP contribution in [0.3, 0.4) is 0 Å². The number of urea groups is 1. The second-order valence-electron chi connectivity index (χ2n) is 8.30. The minimum Gasteiger partial charge on any atom is -0.352 e. The first-order chi connectivity index (χ1) is 13.7. The molecule has 0 spiro atoms. The van der Waals surface area contributed by atoms with Crippen molar-refractivity contribution in [3.63, 3.8) is 0 Å². The molecule has 28 heavy (non-hydrogen) atoms. The molecule has 152 valence electrons. The minimum absolute atomic E-state index is 0.0280. The lowest BCUT2D eigenvalue weighted by molar-refractivity contribution is -0.122. The number of aromatic nitrogens is 1. The molecule has 0 bridgehead atoms. The van der Waals surface area contributed by atoms with Crippen LogP contribution in [-0.4, -0.2) is 65.0 Å². The largest absolute Gasteiger partial charge is 0.352 e. The number of hydrogen-bond donors (Lipinski definition) is 2. The van der Waals surface area contributed by atoms with Crippen molar-refractivity contribution in [3.8, 4) is 0 Å². The fourth-order valence-electron chi connectivity index (χ4n) is 4.25. The van der Waals surface area contributed by atoms with Crippen molar-refractivity contribution in [2.75, 3.05) is 26.2 Å². The zero-order valence-electron chi connectivity index (χ0n) is 16.5. The van der Waals surface area contributed by atoms with Crippen molar-refractivity contribution < 1.29 is 9.59 Å². The number of nitrogens with zero attached hydrogens (tertiary/aromatic N) is 3. The molecule has 4 rings (SSSR count). The number of carbonyl (C=O) groups is 2. The Hall–Kier alpha value is -2.15. The lowest BCUT2D eigenvalue weighted by Crippen LogP contribution is -2.52. The van der Waals surface area contributed by atoms with Crippen molar-refractivity contribution in [1.82, 2.24) is 25.4 Å². The van der Waals surface area contributed by atoms with E-state index in [4.69, 9.17) is 0 Å². The van der Waals surface area contributed by atoms with Crippen LogP contribution in [0.4, 0.5) is 4.79 Å². The van der Waals surface area contributed by atoms with E-state index in [0.29, 0.717) is 12.6 Å². The topological polar surface area (TPSA) is 77.6 Å². The molecular weight excluding hydrogens is 354 g/mol. The average Bonchev–Trinajstić information content (AvgIpc) is 3.54. The molecule has 3 fully saturated rings. The van der Waals surface area contributed by atoms with Gasteiger partial charge >= 0.3 is 6.03 Å². The molecule has 7 nitrogen and oxygen atoms in total.